The summed E-state index contributed by atoms with van der Waals surface area (Å²) in [6.07, 6.45) is 3.63. The van der Waals surface area contributed by atoms with Crippen molar-refractivity contribution in [3.63, 3.8) is 0 Å². The number of imidazole rings is 1. The average Bonchev–Trinajstić information content (AvgIpc) is 2.98. The first-order valence-corrected chi connectivity index (χ1v) is 9.02. The monoisotopic (exact) mass is 316 g/mol. The third-order valence-electron chi connectivity index (χ3n) is 3.43. The van der Waals surface area contributed by atoms with Gasteiger partial charge >= 0.3 is 0 Å². The molecule has 2 aromatic rings. The molecule has 0 saturated heterocycles. The van der Waals surface area contributed by atoms with E-state index in [4.69, 9.17) is 0 Å². The van der Waals surface area contributed by atoms with Crippen LogP contribution in [-0.4, -0.2) is 31.4 Å². The van der Waals surface area contributed by atoms with Crippen molar-refractivity contribution in [1.29, 1.82) is 0 Å². The van der Waals surface area contributed by atoms with Crippen LogP contribution in [0.5, 0.6) is 0 Å². The molecule has 6 nitrogen and oxygen atoms in total. The van der Waals surface area contributed by atoms with Gasteiger partial charge < -0.3 is 5.32 Å². The molecule has 2 aromatic heterocycles. The second-order valence-electron chi connectivity index (χ2n) is 4.61. The van der Waals surface area contributed by atoms with Crippen LogP contribution in [0, 0.1) is 5.92 Å². The van der Waals surface area contributed by atoms with E-state index in [1.807, 2.05) is 5.38 Å². The number of rotatable bonds is 7. The van der Waals surface area contributed by atoms with E-state index in [0.717, 1.165) is 12.8 Å². The fraction of sp³-hybridized carbons (Fsp3) is 0.583. The third-order valence-corrected chi connectivity index (χ3v) is 5.63. The maximum Gasteiger partial charge on any atom is 0.260 e. The van der Waals surface area contributed by atoms with Crippen molar-refractivity contribution >= 4 is 32.1 Å². The van der Waals surface area contributed by atoms with E-state index in [9.17, 15) is 8.42 Å². The van der Waals surface area contributed by atoms with Crippen molar-refractivity contribution in [2.45, 2.75) is 31.7 Å². The van der Waals surface area contributed by atoms with Crippen molar-refractivity contribution in [2.24, 2.45) is 5.92 Å². The predicted octanol–water partition coefficient (Wildman–Crippen LogP) is 2.15. The van der Waals surface area contributed by atoms with Gasteiger partial charge in [0, 0.05) is 25.2 Å². The molecule has 0 atom stereocenters. The molecule has 0 aliphatic rings. The molecule has 112 valence electrons. The number of nitrogens with zero attached hydrogens (tertiary/aromatic N) is 2. The van der Waals surface area contributed by atoms with E-state index in [0.29, 0.717) is 23.2 Å². The minimum Gasteiger partial charge on any atom is -0.371 e. The summed E-state index contributed by atoms with van der Waals surface area (Å²) in [5.74, 6) is 0.739. The van der Waals surface area contributed by atoms with Gasteiger partial charge in [0.15, 0.2) is 15.8 Å². The average molecular weight is 316 g/mol. The number of nitrogens with one attached hydrogen (secondary N) is 2. The Morgan fingerprint density at radius 2 is 2.10 bits per heavy atom. The Hall–Kier alpha value is -1.12. The first kappa shape index (κ1) is 15.3. The van der Waals surface area contributed by atoms with Crippen LogP contribution in [0.25, 0.3) is 4.96 Å². The zero-order valence-electron chi connectivity index (χ0n) is 11.9. The predicted molar refractivity (Wildman–Crippen MR) is 81.9 cm³/mol. The van der Waals surface area contributed by atoms with Crippen molar-refractivity contribution in [2.75, 3.05) is 18.9 Å². The molecule has 0 radical (unpaired) electrons. The van der Waals surface area contributed by atoms with E-state index in [-0.39, 0.29) is 5.03 Å². The van der Waals surface area contributed by atoms with Gasteiger partial charge in [-0.05, 0) is 5.92 Å². The fourth-order valence-electron chi connectivity index (χ4n) is 2.06. The van der Waals surface area contributed by atoms with Gasteiger partial charge in [-0.25, -0.2) is 18.1 Å². The van der Waals surface area contributed by atoms with Crippen LogP contribution in [0.2, 0.25) is 0 Å². The minimum atomic E-state index is -3.58. The maximum absolute atomic E-state index is 12.5. The Morgan fingerprint density at radius 3 is 2.70 bits per heavy atom. The van der Waals surface area contributed by atoms with Gasteiger partial charge in [0.05, 0.1) is 0 Å². The van der Waals surface area contributed by atoms with Crippen molar-refractivity contribution in [1.82, 2.24) is 14.1 Å². The summed E-state index contributed by atoms with van der Waals surface area (Å²) in [5.41, 5.74) is 0. The molecule has 0 unspecified atom stereocenters. The lowest BCUT2D eigenvalue weighted by Crippen LogP contribution is -2.30. The van der Waals surface area contributed by atoms with Gasteiger partial charge in [-0.2, -0.15) is 0 Å². The smallest absolute Gasteiger partial charge is 0.260 e. The topological polar surface area (TPSA) is 75.5 Å². The minimum absolute atomic E-state index is 0.183. The molecule has 0 aliphatic heterocycles. The highest BCUT2D eigenvalue weighted by atomic mass is 32.2. The van der Waals surface area contributed by atoms with Gasteiger partial charge in [0.25, 0.3) is 10.0 Å². The van der Waals surface area contributed by atoms with Gasteiger partial charge in [0.1, 0.15) is 0 Å². The Kier molecular flexibility index (Phi) is 4.66. The summed E-state index contributed by atoms with van der Waals surface area (Å²) in [4.78, 5) is 4.94. The molecule has 2 rings (SSSR count). The molecule has 20 heavy (non-hydrogen) atoms. The fourth-order valence-corrected chi connectivity index (χ4v) is 4.23. The van der Waals surface area contributed by atoms with Crippen LogP contribution in [0.3, 0.4) is 0 Å². The molecule has 0 aromatic carbocycles. The lowest BCUT2D eigenvalue weighted by Gasteiger charge is -2.13. The summed E-state index contributed by atoms with van der Waals surface area (Å²) < 4.78 is 29.3. The molecule has 0 bridgehead atoms. The van der Waals surface area contributed by atoms with Crippen LogP contribution in [0.1, 0.15) is 26.7 Å². The number of hydrogen-bond acceptors (Lipinski definition) is 5. The van der Waals surface area contributed by atoms with E-state index in [1.165, 1.54) is 11.3 Å². The first-order chi connectivity index (χ1) is 9.53. The van der Waals surface area contributed by atoms with Crippen LogP contribution in [0.4, 0.5) is 5.82 Å². The van der Waals surface area contributed by atoms with E-state index >= 15 is 0 Å². The van der Waals surface area contributed by atoms with Gasteiger partial charge in [-0.3, -0.25) is 4.40 Å². The van der Waals surface area contributed by atoms with Crippen LogP contribution in [-0.2, 0) is 10.0 Å². The lowest BCUT2D eigenvalue weighted by molar-refractivity contribution is 0.478. The second-order valence-corrected chi connectivity index (χ2v) is 7.16. The van der Waals surface area contributed by atoms with Crippen molar-refractivity contribution in [3.8, 4) is 0 Å². The van der Waals surface area contributed by atoms with Crippen LogP contribution in [0.15, 0.2) is 16.6 Å². The highest BCUT2D eigenvalue weighted by molar-refractivity contribution is 7.89. The largest absolute Gasteiger partial charge is 0.371 e. The highest BCUT2D eigenvalue weighted by Crippen LogP contribution is 2.25. The van der Waals surface area contributed by atoms with Crippen LogP contribution >= 0.6 is 11.3 Å². The number of hydrogen-bond donors (Lipinski definition) is 2. The molecule has 0 aliphatic carbocycles. The van der Waals surface area contributed by atoms with Gasteiger partial charge in [0.2, 0.25) is 0 Å². The summed E-state index contributed by atoms with van der Waals surface area (Å²) in [6, 6.07) is 0. The number of fused-ring (bicyclic) bond motifs is 1. The van der Waals surface area contributed by atoms with Crippen molar-refractivity contribution in [3.05, 3.63) is 11.6 Å². The molecular weight excluding hydrogens is 296 g/mol. The summed E-state index contributed by atoms with van der Waals surface area (Å²) >= 11 is 1.41. The number of anilines is 1. The number of thiazole rings is 1. The SMILES string of the molecule is CCC(CC)CNS(=O)(=O)c1c(NC)nc2sccn12. The summed E-state index contributed by atoms with van der Waals surface area (Å²) in [6.45, 7) is 4.59. The number of sulfonamides is 1. The third kappa shape index (κ3) is 2.82. The number of aromatic nitrogens is 2. The summed E-state index contributed by atoms with van der Waals surface area (Å²) in [5, 5.41) is 4.85. The van der Waals surface area contributed by atoms with Gasteiger partial charge in [-0.1, -0.05) is 26.7 Å². The van der Waals surface area contributed by atoms with E-state index in [1.54, 1.807) is 17.6 Å². The van der Waals surface area contributed by atoms with E-state index < -0.39 is 10.0 Å². The molecule has 2 N–H and O–H groups in total. The zero-order valence-corrected chi connectivity index (χ0v) is 13.5. The molecule has 2 heterocycles. The Balaban J connectivity index is 2.33. The summed E-state index contributed by atoms with van der Waals surface area (Å²) in [7, 11) is -1.90. The quantitative estimate of drug-likeness (QED) is 0.821. The Labute approximate surface area is 123 Å². The molecule has 0 fully saturated rings. The standard InChI is InChI=1S/C12H20N4O2S2/c1-4-9(5-2)8-14-20(17,18)11-10(13-3)15-12-16(11)6-7-19-12/h6-7,9,13-14H,4-5,8H2,1-3H3. The second kappa shape index (κ2) is 6.11. The van der Waals surface area contributed by atoms with Gasteiger partial charge in [-0.15, -0.1) is 11.3 Å². The molecule has 0 spiro atoms. The zero-order chi connectivity index (χ0) is 14.8. The Morgan fingerprint density at radius 1 is 1.40 bits per heavy atom. The first-order valence-electron chi connectivity index (χ1n) is 6.66. The van der Waals surface area contributed by atoms with E-state index in [2.05, 4.69) is 28.9 Å². The molecule has 0 saturated carbocycles. The highest BCUT2D eigenvalue weighted by Gasteiger charge is 2.25. The molecule has 8 heteroatoms. The van der Waals surface area contributed by atoms with Crippen molar-refractivity contribution < 1.29 is 8.42 Å². The lowest BCUT2D eigenvalue weighted by atomic mass is 10.0. The maximum atomic E-state index is 12.5. The Bertz CT molecular complexity index is 671. The molecular formula is C12H20N4O2S2. The normalized spacial score (nSPS) is 12.4. The molecule has 0 amide bonds. The van der Waals surface area contributed by atoms with Crippen LogP contribution < -0.4 is 10.0 Å².